The topological polar surface area (TPSA) is 37.2 Å². The summed E-state index contributed by atoms with van der Waals surface area (Å²) in [6.07, 6.45) is 8.16. The summed E-state index contributed by atoms with van der Waals surface area (Å²) >= 11 is 0. The van der Waals surface area contributed by atoms with Gasteiger partial charge in [0.05, 0.1) is 29.3 Å². The molecule has 35 heavy (non-hydrogen) atoms. The molecule has 1 fully saturated rings. The van der Waals surface area contributed by atoms with Gasteiger partial charge in [-0.05, 0) is 88.1 Å². The van der Waals surface area contributed by atoms with E-state index in [4.69, 9.17) is 9.97 Å². The summed E-state index contributed by atoms with van der Waals surface area (Å²) in [4.78, 5) is 15.4. The molecule has 3 heterocycles. The van der Waals surface area contributed by atoms with Crippen LogP contribution in [0.15, 0.2) is 42.6 Å². The molecule has 0 bridgehead atoms. The maximum absolute atomic E-state index is 5.22. The van der Waals surface area contributed by atoms with E-state index in [1.165, 1.54) is 61.4 Å². The molecule has 3 aromatic rings. The average molecular weight is 474 g/mol. The van der Waals surface area contributed by atoms with E-state index in [0.29, 0.717) is 23.9 Å². The first kappa shape index (κ1) is 24.5. The summed E-state index contributed by atoms with van der Waals surface area (Å²) in [6, 6.07) is 14.1. The van der Waals surface area contributed by atoms with E-state index < -0.39 is 0 Å². The van der Waals surface area contributed by atoms with E-state index >= 15 is 0 Å². The van der Waals surface area contributed by atoms with Crippen molar-refractivity contribution >= 4 is 11.0 Å². The Morgan fingerprint density at radius 2 is 1.89 bits per heavy atom. The second-order valence-corrected chi connectivity index (χ2v) is 11.5. The van der Waals surface area contributed by atoms with Crippen LogP contribution in [-0.2, 0) is 19.5 Å². The van der Waals surface area contributed by atoms with Crippen LogP contribution in [0.25, 0.3) is 11.0 Å². The molecule has 1 saturated heterocycles. The van der Waals surface area contributed by atoms with E-state index in [0.717, 1.165) is 31.6 Å². The summed E-state index contributed by atoms with van der Waals surface area (Å²) in [7, 11) is 0. The Hall–Kier alpha value is -2.24. The minimum absolute atomic E-state index is 0.377. The minimum atomic E-state index is 0.377. The number of imidazole rings is 1. The van der Waals surface area contributed by atoms with E-state index in [1.54, 1.807) is 0 Å². The number of likely N-dealkylation sites (tertiary alicyclic amines) is 1. The summed E-state index contributed by atoms with van der Waals surface area (Å²) in [5.41, 5.74) is 5.14. The second-order valence-electron chi connectivity index (χ2n) is 11.5. The molecule has 0 unspecified atom stereocenters. The third-order valence-electron chi connectivity index (χ3n) is 8.01. The maximum atomic E-state index is 5.22. The number of aryl methyl sites for hydroxylation is 1. The summed E-state index contributed by atoms with van der Waals surface area (Å²) in [6.45, 7) is 14.8. The van der Waals surface area contributed by atoms with Crippen LogP contribution in [0.1, 0.15) is 76.5 Å². The third kappa shape index (κ3) is 5.46. The zero-order valence-corrected chi connectivity index (χ0v) is 22.2. The van der Waals surface area contributed by atoms with Crippen molar-refractivity contribution in [3.63, 3.8) is 0 Å². The van der Waals surface area contributed by atoms with Gasteiger partial charge in [0.25, 0.3) is 0 Å². The predicted octanol–water partition coefficient (Wildman–Crippen LogP) is 6.09. The van der Waals surface area contributed by atoms with Gasteiger partial charge in [0.2, 0.25) is 0 Å². The highest BCUT2D eigenvalue weighted by Gasteiger charge is 2.30. The molecule has 0 saturated carbocycles. The van der Waals surface area contributed by atoms with Gasteiger partial charge in [-0.15, -0.1) is 0 Å². The molecule has 0 radical (unpaired) electrons. The van der Waals surface area contributed by atoms with Gasteiger partial charge >= 0.3 is 0 Å². The van der Waals surface area contributed by atoms with Crippen molar-refractivity contribution in [3.8, 4) is 0 Å². The molecule has 0 N–H and O–H groups in total. The fraction of sp³-hybridized carbons (Fsp3) is 0.600. The molecule has 1 aliphatic carbocycles. The van der Waals surface area contributed by atoms with E-state index in [9.17, 15) is 0 Å². The first-order valence-electron chi connectivity index (χ1n) is 13.9. The summed E-state index contributed by atoms with van der Waals surface area (Å²) < 4.78 is 2.55. The highest BCUT2D eigenvalue weighted by molar-refractivity contribution is 5.75. The van der Waals surface area contributed by atoms with Crippen molar-refractivity contribution in [3.05, 3.63) is 59.7 Å². The molecular formula is C30H43N5. The normalized spacial score (nSPS) is 21.3. The molecule has 2 atom stereocenters. The highest BCUT2D eigenvalue weighted by Crippen LogP contribution is 2.35. The number of para-hydroxylation sites is 2. The zero-order valence-electron chi connectivity index (χ0n) is 22.2. The maximum Gasteiger partial charge on any atom is 0.124 e. The number of benzene rings is 1. The van der Waals surface area contributed by atoms with Crippen molar-refractivity contribution in [2.75, 3.05) is 19.6 Å². The monoisotopic (exact) mass is 473 g/mol. The Morgan fingerprint density at radius 1 is 1.03 bits per heavy atom. The van der Waals surface area contributed by atoms with Crippen molar-refractivity contribution in [2.24, 2.45) is 11.8 Å². The van der Waals surface area contributed by atoms with Gasteiger partial charge < -0.3 is 9.47 Å². The first-order valence-corrected chi connectivity index (χ1v) is 13.9. The lowest BCUT2D eigenvalue weighted by molar-refractivity contribution is 0.125. The summed E-state index contributed by atoms with van der Waals surface area (Å²) in [5, 5.41) is 0. The lowest BCUT2D eigenvalue weighted by atomic mass is 9.90. The van der Waals surface area contributed by atoms with Crippen molar-refractivity contribution in [1.82, 2.24) is 24.3 Å². The lowest BCUT2D eigenvalue weighted by Gasteiger charge is -2.37. The number of pyridine rings is 1. The Morgan fingerprint density at radius 3 is 2.71 bits per heavy atom. The number of nitrogens with zero attached hydrogens (tertiary/aromatic N) is 5. The zero-order chi connectivity index (χ0) is 24.4. The van der Waals surface area contributed by atoms with Gasteiger partial charge in [-0.2, -0.15) is 0 Å². The van der Waals surface area contributed by atoms with Crippen LogP contribution in [0.5, 0.6) is 0 Å². The van der Waals surface area contributed by atoms with Gasteiger partial charge in [-0.3, -0.25) is 9.88 Å². The predicted molar refractivity (Wildman–Crippen MR) is 144 cm³/mol. The van der Waals surface area contributed by atoms with E-state index in [-0.39, 0.29) is 0 Å². The second kappa shape index (κ2) is 10.8. The number of rotatable bonds is 8. The number of hydrogen-bond acceptors (Lipinski definition) is 4. The van der Waals surface area contributed by atoms with Crippen molar-refractivity contribution < 1.29 is 0 Å². The molecule has 5 nitrogen and oxygen atoms in total. The van der Waals surface area contributed by atoms with Crippen LogP contribution >= 0.6 is 0 Å². The molecule has 2 aliphatic rings. The Balaban J connectivity index is 1.46. The van der Waals surface area contributed by atoms with Gasteiger partial charge in [-0.1, -0.05) is 32.0 Å². The molecule has 0 spiro atoms. The number of aromatic nitrogens is 3. The molecule has 0 amide bonds. The largest absolute Gasteiger partial charge is 0.327 e. The molecule has 188 valence electrons. The first-order chi connectivity index (χ1) is 17.0. The quantitative estimate of drug-likeness (QED) is 0.397. The Bertz CT molecular complexity index is 1120. The third-order valence-corrected chi connectivity index (χ3v) is 8.01. The SMILES string of the molecule is CC(C)CN(Cc1nc2ccccc2n1C[C@H]1CCCN(C(C)C)C1)[C@H]1CCCc2cccnc21. The van der Waals surface area contributed by atoms with Gasteiger partial charge in [0.1, 0.15) is 5.82 Å². The molecule has 5 heteroatoms. The summed E-state index contributed by atoms with van der Waals surface area (Å²) in [5.74, 6) is 2.49. The van der Waals surface area contributed by atoms with Crippen LogP contribution in [0.2, 0.25) is 0 Å². The Labute approximate surface area is 211 Å². The van der Waals surface area contributed by atoms with Gasteiger partial charge in [0.15, 0.2) is 0 Å². The van der Waals surface area contributed by atoms with Crippen LogP contribution in [0.3, 0.4) is 0 Å². The van der Waals surface area contributed by atoms with Gasteiger partial charge in [0, 0.05) is 31.9 Å². The molecule has 2 aromatic heterocycles. The average Bonchev–Trinajstić information content (AvgIpc) is 3.20. The van der Waals surface area contributed by atoms with Gasteiger partial charge in [-0.25, -0.2) is 4.98 Å². The highest BCUT2D eigenvalue weighted by atomic mass is 15.2. The van der Waals surface area contributed by atoms with Crippen LogP contribution in [0, 0.1) is 11.8 Å². The minimum Gasteiger partial charge on any atom is -0.327 e. The van der Waals surface area contributed by atoms with Crippen molar-refractivity contribution in [1.29, 1.82) is 0 Å². The molecule has 5 rings (SSSR count). The van der Waals surface area contributed by atoms with Crippen LogP contribution in [-0.4, -0.2) is 50.0 Å². The van der Waals surface area contributed by atoms with Crippen LogP contribution < -0.4 is 0 Å². The number of fused-ring (bicyclic) bond motifs is 2. The molecule has 1 aliphatic heterocycles. The number of hydrogen-bond donors (Lipinski definition) is 0. The fourth-order valence-corrected chi connectivity index (χ4v) is 6.32. The van der Waals surface area contributed by atoms with Crippen LogP contribution in [0.4, 0.5) is 0 Å². The molecule has 1 aromatic carbocycles. The molecular weight excluding hydrogens is 430 g/mol. The van der Waals surface area contributed by atoms with E-state index in [2.05, 4.69) is 78.5 Å². The van der Waals surface area contributed by atoms with Crippen molar-refractivity contribution in [2.45, 2.75) is 85.0 Å². The number of piperidine rings is 1. The Kier molecular flexibility index (Phi) is 7.54. The smallest absolute Gasteiger partial charge is 0.124 e. The lowest BCUT2D eigenvalue weighted by Crippen LogP contribution is -2.41. The fourth-order valence-electron chi connectivity index (χ4n) is 6.32. The standard InChI is InChI=1S/C30H43N5/c1-22(2)18-34(28-15-7-11-25-12-8-16-31-30(25)28)21-29-32-26-13-5-6-14-27(26)35(29)20-24-10-9-17-33(19-24)23(3)4/h5-6,8,12-14,16,22-24,28H,7,9-11,15,17-21H2,1-4H3/t24-,28-/m0/s1. The van der Waals surface area contributed by atoms with E-state index in [1.807, 2.05) is 6.20 Å².